The van der Waals surface area contributed by atoms with Gasteiger partial charge in [0.25, 0.3) is 0 Å². The third-order valence-electron chi connectivity index (χ3n) is 4.64. The van der Waals surface area contributed by atoms with Gasteiger partial charge in [-0.15, -0.1) is 0 Å². The molecule has 2 fully saturated rings. The Kier molecular flexibility index (Phi) is 4.73. The monoisotopic (exact) mass is 317 g/mol. The summed E-state index contributed by atoms with van der Waals surface area (Å²) in [5.74, 6) is 0.724. The normalized spacial score (nSPS) is 22.2. The summed E-state index contributed by atoms with van der Waals surface area (Å²) in [5, 5.41) is 3.12. The number of nitrogens with one attached hydrogen (secondary N) is 1. The van der Waals surface area contributed by atoms with Gasteiger partial charge in [0.05, 0.1) is 0 Å². The molecule has 0 radical (unpaired) electrons. The van der Waals surface area contributed by atoms with Gasteiger partial charge in [-0.1, -0.05) is 0 Å². The average molecular weight is 317 g/mol. The summed E-state index contributed by atoms with van der Waals surface area (Å²) in [6, 6.07) is 1.68. The third-order valence-corrected chi connectivity index (χ3v) is 4.64. The second-order valence-corrected chi connectivity index (χ2v) is 6.19. The summed E-state index contributed by atoms with van der Waals surface area (Å²) in [7, 11) is 0. The Morgan fingerprint density at radius 3 is 2.48 bits per heavy atom. The maximum Gasteiger partial charge on any atom is 0.243 e. The first kappa shape index (κ1) is 15.7. The molecule has 0 spiro atoms. The summed E-state index contributed by atoms with van der Waals surface area (Å²) >= 11 is 0. The number of amides is 2. The molecule has 124 valence electrons. The van der Waals surface area contributed by atoms with Crippen LogP contribution in [0, 0.1) is 0 Å². The Labute approximate surface area is 136 Å². The Balaban J connectivity index is 1.51. The van der Waals surface area contributed by atoms with E-state index in [1.807, 2.05) is 0 Å². The van der Waals surface area contributed by atoms with Crippen LogP contribution >= 0.6 is 0 Å². The molecule has 7 nitrogen and oxygen atoms in total. The first-order valence-electron chi connectivity index (χ1n) is 8.24. The lowest BCUT2D eigenvalue weighted by atomic mass is 10.0. The predicted molar refractivity (Wildman–Crippen MR) is 85.8 cm³/mol. The highest BCUT2D eigenvalue weighted by Gasteiger charge is 2.33. The van der Waals surface area contributed by atoms with E-state index in [2.05, 4.69) is 20.2 Å². The summed E-state index contributed by atoms with van der Waals surface area (Å²) < 4.78 is 0. The van der Waals surface area contributed by atoms with Crippen molar-refractivity contribution >= 4 is 17.8 Å². The van der Waals surface area contributed by atoms with Gasteiger partial charge in [0.2, 0.25) is 17.8 Å². The number of nitrogens with zero attached hydrogens (tertiary/aromatic N) is 4. The lowest BCUT2D eigenvalue weighted by molar-refractivity contribution is -0.137. The van der Waals surface area contributed by atoms with Gasteiger partial charge < -0.3 is 15.1 Å². The highest BCUT2D eigenvalue weighted by molar-refractivity contribution is 5.87. The molecular formula is C16H23N5O2. The molecule has 0 aromatic carbocycles. The number of carbonyl (C=O) groups excluding carboxylic acids is 2. The molecule has 1 aromatic heterocycles. The number of carbonyl (C=O) groups is 2. The first-order chi connectivity index (χ1) is 11.1. The molecule has 2 saturated heterocycles. The van der Waals surface area contributed by atoms with Crippen molar-refractivity contribution in [3.05, 3.63) is 18.5 Å². The van der Waals surface area contributed by atoms with Gasteiger partial charge in [-0.3, -0.25) is 9.59 Å². The van der Waals surface area contributed by atoms with Crippen molar-refractivity contribution in [3.63, 3.8) is 0 Å². The number of anilines is 1. The molecule has 23 heavy (non-hydrogen) atoms. The Morgan fingerprint density at radius 1 is 1.13 bits per heavy atom. The summed E-state index contributed by atoms with van der Waals surface area (Å²) in [6.07, 6.45) is 6.90. The van der Waals surface area contributed by atoms with Gasteiger partial charge in [-0.05, 0) is 31.7 Å². The number of hydrogen-bond acceptors (Lipinski definition) is 5. The van der Waals surface area contributed by atoms with Gasteiger partial charge in [0, 0.05) is 45.0 Å². The topological polar surface area (TPSA) is 78.4 Å². The largest absolute Gasteiger partial charge is 0.351 e. The molecule has 3 heterocycles. The number of rotatable bonds is 3. The lowest BCUT2D eigenvalue weighted by Crippen LogP contribution is -2.51. The van der Waals surface area contributed by atoms with E-state index in [-0.39, 0.29) is 23.9 Å². The molecule has 3 rings (SSSR count). The fourth-order valence-corrected chi connectivity index (χ4v) is 3.39. The van der Waals surface area contributed by atoms with Crippen LogP contribution in [0.1, 0.15) is 32.6 Å². The van der Waals surface area contributed by atoms with Crippen LogP contribution in [-0.4, -0.2) is 58.4 Å². The van der Waals surface area contributed by atoms with E-state index in [0.717, 1.165) is 44.7 Å². The zero-order valence-electron chi connectivity index (χ0n) is 13.4. The van der Waals surface area contributed by atoms with Gasteiger partial charge in [0.15, 0.2) is 0 Å². The molecule has 1 aromatic rings. The number of aromatic nitrogens is 2. The average Bonchev–Trinajstić information content (AvgIpc) is 3.06. The van der Waals surface area contributed by atoms with Crippen LogP contribution < -0.4 is 10.2 Å². The highest BCUT2D eigenvalue weighted by Crippen LogP contribution is 2.19. The van der Waals surface area contributed by atoms with Crippen molar-refractivity contribution in [2.24, 2.45) is 0 Å². The van der Waals surface area contributed by atoms with E-state index in [0.29, 0.717) is 6.54 Å². The summed E-state index contributed by atoms with van der Waals surface area (Å²) in [6.45, 7) is 3.88. The minimum absolute atomic E-state index is 0.00730. The van der Waals surface area contributed by atoms with E-state index < -0.39 is 0 Å². The predicted octanol–water partition coefficient (Wildman–Crippen LogP) is 0.573. The molecule has 2 amide bonds. The van der Waals surface area contributed by atoms with Crippen LogP contribution in [0.4, 0.5) is 5.95 Å². The zero-order chi connectivity index (χ0) is 16.2. The van der Waals surface area contributed by atoms with Crippen molar-refractivity contribution in [1.29, 1.82) is 0 Å². The van der Waals surface area contributed by atoms with E-state index >= 15 is 0 Å². The summed E-state index contributed by atoms with van der Waals surface area (Å²) in [5.41, 5.74) is 0. The summed E-state index contributed by atoms with van der Waals surface area (Å²) in [4.78, 5) is 36.4. The standard InChI is InChI=1S/C16H23N5O2/c1-12(22)21-9-2-4-14(21)15(23)19-13-5-10-20(11-6-13)16-17-7-3-8-18-16/h3,7-8,13-14H,2,4-6,9-11H2,1H3,(H,19,23). The Morgan fingerprint density at radius 2 is 1.83 bits per heavy atom. The molecule has 1 N–H and O–H groups in total. The third kappa shape index (κ3) is 3.60. The van der Waals surface area contributed by atoms with E-state index in [9.17, 15) is 9.59 Å². The van der Waals surface area contributed by atoms with Gasteiger partial charge in [-0.25, -0.2) is 9.97 Å². The second kappa shape index (κ2) is 6.93. The van der Waals surface area contributed by atoms with Crippen molar-refractivity contribution < 1.29 is 9.59 Å². The molecule has 2 aliphatic heterocycles. The molecule has 1 atom stereocenters. The fraction of sp³-hybridized carbons (Fsp3) is 0.625. The number of likely N-dealkylation sites (tertiary alicyclic amines) is 1. The molecule has 0 aliphatic carbocycles. The quantitative estimate of drug-likeness (QED) is 0.882. The SMILES string of the molecule is CC(=O)N1CCCC1C(=O)NC1CCN(c2ncccn2)CC1. The lowest BCUT2D eigenvalue weighted by Gasteiger charge is -2.33. The Bertz CT molecular complexity index is 557. The van der Waals surface area contributed by atoms with Crippen LogP contribution in [0.15, 0.2) is 18.5 Å². The number of hydrogen-bond donors (Lipinski definition) is 1. The maximum absolute atomic E-state index is 12.4. The fourth-order valence-electron chi connectivity index (χ4n) is 3.39. The molecule has 0 bridgehead atoms. The first-order valence-corrected chi connectivity index (χ1v) is 8.24. The van der Waals surface area contributed by atoms with Crippen LogP contribution in [0.25, 0.3) is 0 Å². The molecule has 2 aliphatic rings. The second-order valence-electron chi connectivity index (χ2n) is 6.19. The van der Waals surface area contributed by atoms with Crippen molar-refractivity contribution in [2.45, 2.75) is 44.7 Å². The highest BCUT2D eigenvalue weighted by atomic mass is 16.2. The van der Waals surface area contributed by atoms with Crippen LogP contribution in [0.5, 0.6) is 0 Å². The van der Waals surface area contributed by atoms with E-state index in [4.69, 9.17) is 0 Å². The molecule has 0 saturated carbocycles. The van der Waals surface area contributed by atoms with Crippen LogP contribution in [0.2, 0.25) is 0 Å². The van der Waals surface area contributed by atoms with Gasteiger partial charge >= 0.3 is 0 Å². The minimum Gasteiger partial charge on any atom is -0.351 e. The molecular weight excluding hydrogens is 294 g/mol. The number of piperidine rings is 1. The van der Waals surface area contributed by atoms with Gasteiger partial charge in [-0.2, -0.15) is 0 Å². The van der Waals surface area contributed by atoms with Crippen molar-refractivity contribution in [1.82, 2.24) is 20.2 Å². The van der Waals surface area contributed by atoms with E-state index in [1.165, 1.54) is 6.92 Å². The Hall–Kier alpha value is -2.18. The van der Waals surface area contributed by atoms with Crippen molar-refractivity contribution in [3.8, 4) is 0 Å². The van der Waals surface area contributed by atoms with Gasteiger partial charge in [0.1, 0.15) is 6.04 Å². The minimum atomic E-state index is -0.289. The maximum atomic E-state index is 12.4. The zero-order valence-corrected chi connectivity index (χ0v) is 13.4. The van der Waals surface area contributed by atoms with Crippen LogP contribution in [0.3, 0.4) is 0 Å². The van der Waals surface area contributed by atoms with Crippen molar-refractivity contribution in [2.75, 3.05) is 24.5 Å². The molecule has 7 heteroatoms. The van der Waals surface area contributed by atoms with E-state index in [1.54, 1.807) is 23.4 Å². The van der Waals surface area contributed by atoms with Crippen LogP contribution in [-0.2, 0) is 9.59 Å². The molecule has 1 unspecified atom stereocenters. The smallest absolute Gasteiger partial charge is 0.243 e.